The Morgan fingerprint density at radius 3 is 2.50 bits per heavy atom. The second-order valence-electron chi connectivity index (χ2n) is 3.36. The normalized spacial score (nSPS) is 24.9. The number of allylic oxidation sites excluding steroid dienone is 2. The Kier molecular flexibility index (Phi) is 4.32. The summed E-state index contributed by atoms with van der Waals surface area (Å²) in [6.07, 6.45) is 6.53. The molecule has 0 amide bonds. The zero-order chi connectivity index (χ0) is 10.6. The minimum absolute atomic E-state index is 0.0225. The number of aliphatic hydroxyl groups is 1. The number of hydrogen-bond donors (Lipinski definition) is 1. The lowest BCUT2D eigenvalue weighted by molar-refractivity contribution is 0.123. The quantitative estimate of drug-likeness (QED) is 0.582. The Morgan fingerprint density at radius 2 is 2.07 bits per heavy atom. The van der Waals surface area contributed by atoms with Crippen LogP contribution >= 0.6 is 7.60 Å². The molecular formula is C9H17O4P. The van der Waals surface area contributed by atoms with Gasteiger partial charge in [0.05, 0.1) is 0 Å². The fourth-order valence-corrected chi connectivity index (χ4v) is 3.00. The van der Waals surface area contributed by atoms with Crippen molar-refractivity contribution in [3.63, 3.8) is 0 Å². The van der Waals surface area contributed by atoms with Crippen molar-refractivity contribution in [1.82, 2.24) is 0 Å². The molecule has 4 nitrogen and oxygen atoms in total. The highest BCUT2D eigenvalue weighted by atomic mass is 31.2. The molecule has 0 unspecified atom stereocenters. The summed E-state index contributed by atoms with van der Waals surface area (Å²) < 4.78 is 21.4. The Bertz CT molecular complexity index is 243. The first kappa shape index (κ1) is 11.9. The van der Waals surface area contributed by atoms with E-state index in [1.165, 1.54) is 14.2 Å². The van der Waals surface area contributed by atoms with E-state index in [1.54, 1.807) is 0 Å². The average Bonchev–Trinajstić information content (AvgIpc) is 2.28. The minimum Gasteiger partial charge on any atom is -0.380 e. The van der Waals surface area contributed by atoms with E-state index in [1.807, 2.05) is 6.08 Å². The van der Waals surface area contributed by atoms with E-state index in [0.717, 1.165) is 19.3 Å². The first-order chi connectivity index (χ1) is 6.64. The van der Waals surface area contributed by atoms with Gasteiger partial charge < -0.3 is 14.2 Å². The molecule has 0 spiro atoms. The summed E-state index contributed by atoms with van der Waals surface area (Å²) in [7, 11) is -0.723. The first-order valence-corrected chi connectivity index (χ1v) is 6.29. The van der Waals surface area contributed by atoms with Crippen LogP contribution in [0, 0.1) is 5.92 Å². The predicted octanol–water partition coefficient (Wildman–Crippen LogP) is 2.15. The van der Waals surface area contributed by atoms with Crippen molar-refractivity contribution in [2.45, 2.75) is 25.1 Å². The standard InChI is InChI=1S/C9H17O4P/c1-12-14(11,13-2)9(10)8-6-4-3-5-7-8/h3-4,8-10H,5-7H2,1-2H3/t8-,9+/m1/s1. The molecule has 1 rings (SSSR count). The van der Waals surface area contributed by atoms with E-state index in [9.17, 15) is 9.67 Å². The van der Waals surface area contributed by atoms with Crippen LogP contribution in [0.3, 0.4) is 0 Å². The van der Waals surface area contributed by atoms with Crippen molar-refractivity contribution in [3.8, 4) is 0 Å². The largest absolute Gasteiger partial charge is 0.380 e. The van der Waals surface area contributed by atoms with Gasteiger partial charge in [-0.15, -0.1) is 0 Å². The van der Waals surface area contributed by atoms with E-state index in [2.05, 4.69) is 6.08 Å². The fourth-order valence-electron chi connectivity index (χ4n) is 1.64. The van der Waals surface area contributed by atoms with Gasteiger partial charge in [-0.2, -0.15) is 0 Å². The molecule has 0 heterocycles. The van der Waals surface area contributed by atoms with E-state index in [4.69, 9.17) is 9.05 Å². The third-order valence-corrected chi connectivity index (χ3v) is 4.65. The van der Waals surface area contributed by atoms with Crippen molar-refractivity contribution in [3.05, 3.63) is 12.2 Å². The molecule has 0 aliphatic heterocycles. The predicted molar refractivity (Wildman–Crippen MR) is 54.1 cm³/mol. The molecule has 0 aromatic carbocycles. The lowest BCUT2D eigenvalue weighted by Gasteiger charge is -2.27. The highest BCUT2D eigenvalue weighted by molar-refractivity contribution is 7.54. The molecule has 0 aromatic rings. The SMILES string of the molecule is COP(=O)(OC)[C@H](O)[C@@H]1CC=CCC1. The van der Waals surface area contributed by atoms with Gasteiger partial charge in [-0.05, 0) is 19.3 Å². The van der Waals surface area contributed by atoms with Gasteiger partial charge in [0.15, 0.2) is 5.85 Å². The van der Waals surface area contributed by atoms with Crippen LogP contribution in [0.15, 0.2) is 12.2 Å². The average molecular weight is 220 g/mol. The molecule has 82 valence electrons. The van der Waals surface area contributed by atoms with Crippen LogP contribution in [0.25, 0.3) is 0 Å². The highest BCUT2D eigenvalue weighted by Gasteiger charge is 2.38. The van der Waals surface area contributed by atoms with Gasteiger partial charge in [0.1, 0.15) is 0 Å². The van der Waals surface area contributed by atoms with Crippen LogP contribution in [0.2, 0.25) is 0 Å². The maximum Gasteiger partial charge on any atom is 0.358 e. The fraction of sp³-hybridized carbons (Fsp3) is 0.778. The Hall–Kier alpha value is -0.150. The zero-order valence-electron chi connectivity index (χ0n) is 8.55. The third-order valence-electron chi connectivity index (χ3n) is 2.56. The van der Waals surface area contributed by atoms with Gasteiger partial charge in [0.25, 0.3) is 0 Å². The maximum absolute atomic E-state index is 11.8. The van der Waals surface area contributed by atoms with Crippen LogP contribution < -0.4 is 0 Å². The third kappa shape index (κ3) is 2.45. The molecular weight excluding hydrogens is 203 g/mol. The van der Waals surface area contributed by atoms with Gasteiger partial charge >= 0.3 is 7.60 Å². The van der Waals surface area contributed by atoms with Gasteiger partial charge in [-0.1, -0.05) is 12.2 Å². The van der Waals surface area contributed by atoms with E-state index < -0.39 is 13.4 Å². The molecule has 2 atom stereocenters. The van der Waals surface area contributed by atoms with Crippen molar-refractivity contribution in [2.24, 2.45) is 5.92 Å². The molecule has 1 aliphatic carbocycles. The lowest BCUT2D eigenvalue weighted by Crippen LogP contribution is -2.22. The maximum atomic E-state index is 11.8. The van der Waals surface area contributed by atoms with Crippen LogP contribution in [-0.2, 0) is 13.6 Å². The van der Waals surface area contributed by atoms with Crippen molar-refractivity contribution in [1.29, 1.82) is 0 Å². The number of aliphatic hydroxyl groups excluding tert-OH is 1. The summed E-state index contributed by atoms with van der Waals surface area (Å²) in [4.78, 5) is 0. The molecule has 1 N–H and O–H groups in total. The lowest BCUT2D eigenvalue weighted by atomic mass is 9.95. The van der Waals surface area contributed by atoms with Crippen molar-refractivity contribution in [2.75, 3.05) is 14.2 Å². The van der Waals surface area contributed by atoms with E-state index in [0.29, 0.717) is 0 Å². The molecule has 0 saturated carbocycles. The van der Waals surface area contributed by atoms with Crippen LogP contribution in [-0.4, -0.2) is 25.2 Å². The van der Waals surface area contributed by atoms with Crippen LogP contribution in [0.4, 0.5) is 0 Å². The van der Waals surface area contributed by atoms with Crippen LogP contribution in [0.5, 0.6) is 0 Å². The van der Waals surface area contributed by atoms with Gasteiger partial charge in [0.2, 0.25) is 0 Å². The second kappa shape index (κ2) is 5.08. The van der Waals surface area contributed by atoms with Crippen molar-refractivity contribution >= 4 is 7.60 Å². The molecule has 0 aromatic heterocycles. The van der Waals surface area contributed by atoms with E-state index in [-0.39, 0.29) is 5.92 Å². The Morgan fingerprint density at radius 1 is 1.43 bits per heavy atom. The smallest absolute Gasteiger partial charge is 0.358 e. The zero-order valence-corrected chi connectivity index (χ0v) is 9.44. The minimum atomic E-state index is -3.32. The molecule has 0 fully saturated rings. The van der Waals surface area contributed by atoms with Gasteiger partial charge in [0, 0.05) is 20.1 Å². The van der Waals surface area contributed by atoms with E-state index >= 15 is 0 Å². The first-order valence-electron chi connectivity index (χ1n) is 4.68. The second-order valence-corrected chi connectivity index (χ2v) is 5.70. The summed E-state index contributed by atoms with van der Waals surface area (Å²) in [5, 5.41) is 9.85. The highest BCUT2D eigenvalue weighted by Crippen LogP contribution is 2.54. The van der Waals surface area contributed by atoms with Crippen molar-refractivity contribution < 1.29 is 18.7 Å². The number of hydrogen-bond acceptors (Lipinski definition) is 4. The van der Waals surface area contributed by atoms with Gasteiger partial charge in [-0.25, -0.2) is 0 Å². The summed E-state index contributed by atoms with van der Waals surface area (Å²) in [5.74, 6) is -1.03. The Balaban J connectivity index is 2.67. The summed E-state index contributed by atoms with van der Waals surface area (Å²) in [6, 6.07) is 0. The van der Waals surface area contributed by atoms with Gasteiger partial charge in [-0.3, -0.25) is 4.57 Å². The topological polar surface area (TPSA) is 55.8 Å². The molecule has 0 bridgehead atoms. The number of rotatable bonds is 4. The molecule has 0 radical (unpaired) electrons. The summed E-state index contributed by atoms with van der Waals surface area (Å²) in [5.41, 5.74) is 0. The Labute approximate surface area is 84.4 Å². The monoisotopic (exact) mass is 220 g/mol. The molecule has 1 aliphatic rings. The molecule has 14 heavy (non-hydrogen) atoms. The van der Waals surface area contributed by atoms with Crippen LogP contribution in [0.1, 0.15) is 19.3 Å². The molecule has 0 saturated heterocycles. The molecule has 5 heteroatoms. The summed E-state index contributed by atoms with van der Waals surface area (Å²) in [6.45, 7) is 0. The summed E-state index contributed by atoms with van der Waals surface area (Å²) >= 11 is 0.